The summed E-state index contributed by atoms with van der Waals surface area (Å²) in [7, 11) is 1.71. The summed E-state index contributed by atoms with van der Waals surface area (Å²) in [6, 6.07) is -0.545. The Bertz CT molecular complexity index is 219. The van der Waals surface area contributed by atoms with Crippen LogP contribution in [0.15, 0.2) is 0 Å². The minimum atomic E-state index is -0.904. The van der Waals surface area contributed by atoms with Crippen LogP contribution < -0.4 is 5.32 Å². The van der Waals surface area contributed by atoms with Crippen molar-refractivity contribution in [2.75, 3.05) is 13.6 Å². The van der Waals surface area contributed by atoms with Gasteiger partial charge in [-0.25, -0.2) is 4.79 Å². The first-order valence-corrected chi connectivity index (χ1v) is 5.20. The van der Waals surface area contributed by atoms with Crippen molar-refractivity contribution >= 4 is 12.0 Å². The molecule has 5 heteroatoms. The van der Waals surface area contributed by atoms with E-state index in [0.29, 0.717) is 6.54 Å². The number of nitrogens with zero attached hydrogens (tertiary/aromatic N) is 1. The molecule has 15 heavy (non-hydrogen) atoms. The smallest absolute Gasteiger partial charge is 0.317 e. The number of carbonyl (C=O) groups is 2. The molecule has 0 bridgehead atoms. The zero-order chi connectivity index (χ0) is 11.8. The highest BCUT2D eigenvalue weighted by Crippen LogP contribution is 1.95. The number of amides is 2. The van der Waals surface area contributed by atoms with Crippen molar-refractivity contribution in [3.05, 3.63) is 0 Å². The molecule has 88 valence electrons. The normalized spacial score (nSPS) is 11.9. The molecule has 0 aromatic rings. The van der Waals surface area contributed by atoms with Crippen LogP contribution in [0, 0.1) is 0 Å². The molecule has 0 aromatic carbocycles. The van der Waals surface area contributed by atoms with Crippen LogP contribution >= 0.6 is 0 Å². The Morgan fingerprint density at radius 3 is 2.53 bits per heavy atom. The van der Waals surface area contributed by atoms with Crippen LogP contribution in [0.5, 0.6) is 0 Å². The quantitative estimate of drug-likeness (QED) is 0.703. The second kappa shape index (κ2) is 7.09. The van der Waals surface area contributed by atoms with Crippen molar-refractivity contribution < 1.29 is 14.7 Å². The topological polar surface area (TPSA) is 69.6 Å². The fraction of sp³-hybridized carbons (Fsp3) is 0.800. The van der Waals surface area contributed by atoms with Gasteiger partial charge in [0.2, 0.25) is 0 Å². The molecule has 0 aliphatic carbocycles. The molecular weight excluding hydrogens is 196 g/mol. The fourth-order valence-electron chi connectivity index (χ4n) is 1.13. The van der Waals surface area contributed by atoms with Gasteiger partial charge in [0.15, 0.2) is 0 Å². The predicted molar refractivity (Wildman–Crippen MR) is 57.8 cm³/mol. The number of urea groups is 1. The lowest BCUT2D eigenvalue weighted by atomic mass is 10.2. The number of hydrogen-bond acceptors (Lipinski definition) is 2. The standard InChI is InChI=1S/C10H20N2O3/c1-4-5-6-12(3)10(15)11-8(2)7-9(13)14/h8H,4-7H2,1-3H3,(H,11,15)(H,13,14). The van der Waals surface area contributed by atoms with E-state index in [1.54, 1.807) is 18.9 Å². The predicted octanol–water partition coefficient (Wildman–Crippen LogP) is 1.29. The van der Waals surface area contributed by atoms with Gasteiger partial charge in [-0.15, -0.1) is 0 Å². The van der Waals surface area contributed by atoms with Gasteiger partial charge in [-0.1, -0.05) is 13.3 Å². The van der Waals surface area contributed by atoms with E-state index < -0.39 is 5.97 Å². The second-order valence-corrected chi connectivity index (χ2v) is 3.72. The van der Waals surface area contributed by atoms with Crippen molar-refractivity contribution in [1.29, 1.82) is 0 Å². The first-order valence-electron chi connectivity index (χ1n) is 5.20. The molecule has 0 aromatic heterocycles. The number of hydrogen-bond donors (Lipinski definition) is 2. The van der Waals surface area contributed by atoms with Gasteiger partial charge in [0.1, 0.15) is 0 Å². The molecule has 0 saturated carbocycles. The maximum absolute atomic E-state index is 11.5. The monoisotopic (exact) mass is 216 g/mol. The van der Waals surface area contributed by atoms with Crippen molar-refractivity contribution in [3.63, 3.8) is 0 Å². The average molecular weight is 216 g/mol. The molecule has 0 saturated heterocycles. The Labute approximate surface area is 90.5 Å². The lowest BCUT2D eigenvalue weighted by Gasteiger charge is -2.20. The van der Waals surface area contributed by atoms with Crippen molar-refractivity contribution in [2.45, 2.75) is 39.2 Å². The highest BCUT2D eigenvalue weighted by molar-refractivity contribution is 5.75. The largest absolute Gasteiger partial charge is 0.481 e. The Hall–Kier alpha value is -1.26. The summed E-state index contributed by atoms with van der Waals surface area (Å²) < 4.78 is 0. The molecule has 0 radical (unpaired) electrons. The number of nitrogens with one attached hydrogen (secondary N) is 1. The summed E-state index contributed by atoms with van der Waals surface area (Å²) in [5.74, 6) is -0.904. The SMILES string of the molecule is CCCCN(C)C(=O)NC(C)CC(=O)O. The van der Waals surface area contributed by atoms with E-state index in [1.165, 1.54) is 0 Å². The minimum absolute atomic E-state index is 0.0483. The van der Waals surface area contributed by atoms with Gasteiger partial charge < -0.3 is 15.3 Å². The highest BCUT2D eigenvalue weighted by atomic mass is 16.4. The minimum Gasteiger partial charge on any atom is -0.481 e. The number of aliphatic carboxylic acids is 1. The molecule has 1 unspecified atom stereocenters. The maximum atomic E-state index is 11.5. The first-order chi connectivity index (χ1) is 6.97. The first kappa shape index (κ1) is 13.7. The van der Waals surface area contributed by atoms with Gasteiger partial charge in [-0.2, -0.15) is 0 Å². The molecular formula is C10H20N2O3. The number of rotatable bonds is 6. The summed E-state index contributed by atoms with van der Waals surface area (Å²) in [5, 5.41) is 11.1. The van der Waals surface area contributed by atoms with E-state index in [4.69, 9.17) is 5.11 Å². The van der Waals surface area contributed by atoms with E-state index in [0.717, 1.165) is 12.8 Å². The van der Waals surface area contributed by atoms with E-state index in [-0.39, 0.29) is 18.5 Å². The van der Waals surface area contributed by atoms with E-state index in [1.807, 2.05) is 0 Å². The van der Waals surface area contributed by atoms with Crippen LogP contribution in [-0.4, -0.2) is 41.6 Å². The maximum Gasteiger partial charge on any atom is 0.317 e. The van der Waals surface area contributed by atoms with Crippen LogP contribution in [0.4, 0.5) is 4.79 Å². The zero-order valence-corrected chi connectivity index (χ0v) is 9.62. The van der Waals surface area contributed by atoms with Gasteiger partial charge in [-0.05, 0) is 13.3 Å². The summed E-state index contributed by atoms with van der Waals surface area (Å²) in [4.78, 5) is 23.4. The highest BCUT2D eigenvalue weighted by Gasteiger charge is 2.13. The number of carbonyl (C=O) groups excluding carboxylic acids is 1. The fourth-order valence-corrected chi connectivity index (χ4v) is 1.13. The van der Waals surface area contributed by atoms with Crippen LogP contribution in [-0.2, 0) is 4.79 Å². The molecule has 1 atom stereocenters. The number of unbranched alkanes of at least 4 members (excludes halogenated alkanes) is 1. The molecule has 0 fully saturated rings. The van der Waals surface area contributed by atoms with Gasteiger partial charge in [0.25, 0.3) is 0 Å². The lowest BCUT2D eigenvalue weighted by molar-refractivity contribution is -0.137. The Balaban J connectivity index is 3.85. The van der Waals surface area contributed by atoms with Crippen LogP contribution in [0.3, 0.4) is 0 Å². The molecule has 5 nitrogen and oxygen atoms in total. The van der Waals surface area contributed by atoms with Crippen LogP contribution in [0.2, 0.25) is 0 Å². The third kappa shape index (κ3) is 6.76. The van der Waals surface area contributed by atoms with E-state index in [9.17, 15) is 9.59 Å². The molecule has 0 rings (SSSR count). The van der Waals surface area contributed by atoms with Crippen molar-refractivity contribution in [3.8, 4) is 0 Å². The average Bonchev–Trinajstić information content (AvgIpc) is 2.12. The molecule has 0 aliphatic rings. The molecule has 2 amide bonds. The van der Waals surface area contributed by atoms with Crippen LogP contribution in [0.25, 0.3) is 0 Å². The second-order valence-electron chi connectivity index (χ2n) is 3.72. The molecule has 0 heterocycles. The third-order valence-corrected chi connectivity index (χ3v) is 2.04. The zero-order valence-electron chi connectivity index (χ0n) is 9.62. The van der Waals surface area contributed by atoms with E-state index in [2.05, 4.69) is 12.2 Å². The number of carboxylic acid groups (broad SMARTS) is 1. The van der Waals surface area contributed by atoms with Gasteiger partial charge in [0.05, 0.1) is 6.42 Å². The molecule has 0 spiro atoms. The van der Waals surface area contributed by atoms with Gasteiger partial charge in [-0.3, -0.25) is 4.79 Å². The van der Waals surface area contributed by atoms with E-state index >= 15 is 0 Å². The Kier molecular flexibility index (Phi) is 6.49. The molecule has 0 aliphatic heterocycles. The van der Waals surface area contributed by atoms with Gasteiger partial charge >= 0.3 is 12.0 Å². The molecule has 2 N–H and O–H groups in total. The summed E-state index contributed by atoms with van der Waals surface area (Å²) in [6.07, 6.45) is 1.94. The summed E-state index contributed by atoms with van der Waals surface area (Å²) in [6.45, 7) is 4.43. The van der Waals surface area contributed by atoms with Crippen molar-refractivity contribution in [1.82, 2.24) is 10.2 Å². The van der Waals surface area contributed by atoms with Crippen LogP contribution in [0.1, 0.15) is 33.1 Å². The Morgan fingerprint density at radius 1 is 1.47 bits per heavy atom. The lowest BCUT2D eigenvalue weighted by Crippen LogP contribution is -2.42. The summed E-state index contributed by atoms with van der Waals surface area (Å²) >= 11 is 0. The number of carboxylic acids is 1. The summed E-state index contributed by atoms with van der Waals surface area (Å²) in [5.41, 5.74) is 0. The third-order valence-electron chi connectivity index (χ3n) is 2.04. The van der Waals surface area contributed by atoms with Gasteiger partial charge in [0, 0.05) is 19.6 Å². The Morgan fingerprint density at radius 2 is 2.07 bits per heavy atom. The van der Waals surface area contributed by atoms with Crippen molar-refractivity contribution in [2.24, 2.45) is 0 Å².